The number of aromatic nitrogens is 3. The van der Waals surface area contributed by atoms with Crippen LogP contribution in [0, 0.1) is 29.0 Å². The van der Waals surface area contributed by atoms with Crippen LogP contribution in [0.1, 0.15) is 44.3 Å². The Kier molecular flexibility index (Phi) is 4.88. The minimum atomic E-state index is -0.428. The second-order valence-electron chi connectivity index (χ2n) is 9.37. The van der Waals surface area contributed by atoms with Gasteiger partial charge in [-0.2, -0.15) is 0 Å². The number of para-hydroxylation sites is 1. The van der Waals surface area contributed by atoms with E-state index in [2.05, 4.69) is 15.5 Å². The maximum Gasteiger partial charge on any atom is 0.234 e. The number of hydrogen-bond acceptors (Lipinski definition) is 4. The zero-order valence-corrected chi connectivity index (χ0v) is 17.6. The van der Waals surface area contributed by atoms with E-state index in [4.69, 9.17) is 0 Å². The second-order valence-corrected chi connectivity index (χ2v) is 10.3. The number of anilines is 1. The quantitative estimate of drug-likeness (QED) is 0.710. The first kappa shape index (κ1) is 19.1. The van der Waals surface area contributed by atoms with Crippen molar-refractivity contribution < 1.29 is 9.18 Å². The van der Waals surface area contributed by atoms with E-state index in [0.29, 0.717) is 5.41 Å². The maximum atomic E-state index is 13.7. The van der Waals surface area contributed by atoms with Gasteiger partial charge in [-0.05, 0) is 73.8 Å². The highest BCUT2D eigenvalue weighted by atomic mass is 32.2. The summed E-state index contributed by atoms with van der Waals surface area (Å²) >= 11 is 1.35. The van der Waals surface area contributed by atoms with Crippen LogP contribution < -0.4 is 5.32 Å². The number of amides is 1. The largest absolute Gasteiger partial charge is 0.323 e. The third kappa shape index (κ3) is 3.81. The number of nitrogens with zero attached hydrogens (tertiary/aromatic N) is 3. The van der Waals surface area contributed by atoms with Crippen LogP contribution in [-0.4, -0.2) is 26.4 Å². The van der Waals surface area contributed by atoms with Crippen molar-refractivity contribution in [2.45, 2.75) is 50.1 Å². The molecule has 2 aromatic rings. The fourth-order valence-electron chi connectivity index (χ4n) is 6.35. The molecule has 1 amide bonds. The molecule has 0 unspecified atom stereocenters. The molecule has 6 rings (SSSR count). The lowest BCUT2D eigenvalue weighted by Crippen LogP contribution is -2.47. The molecule has 0 radical (unpaired) electrons. The molecule has 4 aliphatic carbocycles. The van der Waals surface area contributed by atoms with Crippen LogP contribution in [0.5, 0.6) is 0 Å². The molecule has 4 saturated carbocycles. The number of hydrogen-bond donors (Lipinski definition) is 1. The van der Waals surface area contributed by atoms with E-state index in [1.54, 1.807) is 18.2 Å². The van der Waals surface area contributed by atoms with Gasteiger partial charge in [-0.15, -0.1) is 10.2 Å². The SMILES string of the molecule is Cn1c(CC23CC4CC(CC(C4)C2)C3)nnc1SCC(=O)Nc1ccccc1F. The van der Waals surface area contributed by atoms with E-state index >= 15 is 0 Å². The number of benzene rings is 1. The predicted octanol–water partition coefficient (Wildman–Crippen LogP) is 4.44. The van der Waals surface area contributed by atoms with E-state index in [-0.39, 0.29) is 17.3 Å². The topological polar surface area (TPSA) is 59.8 Å². The lowest BCUT2D eigenvalue weighted by atomic mass is 9.49. The smallest absolute Gasteiger partial charge is 0.234 e. The number of carbonyl (C=O) groups is 1. The first-order valence-corrected chi connectivity index (χ1v) is 11.5. The van der Waals surface area contributed by atoms with Crippen LogP contribution in [0.15, 0.2) is 29.4 Å². The summed E-state index contributed by atoms with van der Waals surface area (Å²) in [4.78, 5) is 12.2. The van der Waals surface area contributed by atoms with Crippen molar-refractivity contribution >= 4 is 23.4 Å². The van der Waals surface area contributed by atoms with E-state index in [1.807, 2.05) is 11.6 Å². The Bertz CT molecular complexity index is 892. The first-order chi connectivity index (χ1) is 14.0. The first-order valence-electron chi connectivity index (χ1n) is 10.6. The van der Waals surface area contributed by atoms with Gasteiger partial charge in [0.25, 0.3) is 0 Å². The molecular formula is C22H27FN4OS. The fourth-order valence-corrected chi connectivity index (χ4v) is 7.08. The normalized spacial score (nSPS) is 29.9. The highest BCUT2D eigenvalue weighted by molar-refractivity contribution is 7.99. The summed E-state index contributed by atoms with van der Waals surface area (Å²) in [5.74, 6) is 3.30. The van der Waals surface area contributed by atoms with Gasteiger partial charge in [0.2, 0.25) is 5.91 Å². The number of rotatable bonds is 6. The summed E-state index contributed by atoms with van der Waals surface area (Å²) in [5, 5.41) is 12.2. The Morgan fingerprint density at radius 3 is 2.48 bits per heavy atom. The standard InChI is InChI=1S/C22H27FN4OS/c1-27-19(12-22-9-14-6-15(10-22)8-16(7-14)11-22)25-26-21(27)29-13-20(28)24-18-5-3-2-4-17(18)23/h2-5,14-16H,6-13H2,1H3,(H,24,28). The Balaban J connectivity index is 1.21. The average molecular weight is 415 g/mol. The summed E-state index contributed by atoms with van der Waals surface area (Å²) in [6.45, 7) is 0. The summed E-state index contributed by atoms with van der Waals surface area (Å²) in [6, 6.07) is 6.20. The molecule has 1 aromatic heterocycles. The summed E-state index contributed by atoms with van der Waals surface area (Å²) in [6.07, 6.45) is 9.36. The zero-order valence-electron chi connectivity index (χ0n) is 16.7. The van der Waals surface area contributed by atoms with Crippen molar-refractivity contribution in [1.29, 1.82) is 0 Å². The lowest BCUT2D eigenvalue weighted by Gasteiger charge is -2.56. The van der Waals surface area contributed by atoms with Gasteiger partial charge in [-0.25, -0.2) is 4.39 Å². The van der Waals surface area contributed by atoms with Gasteiger partial charge in [0.1, 0.15) is 11.6 Å². The molecule has 0 saturated heterocycles. The van der Waals surface area contributed by atoms with Crippen LogP contribution in [-0.2, 0) is 18.3 Å². The molecule has 1 heterocycles. The van der Waals surface area contributed by atoms with Crippen molar-refractivity contribution in [1.82, 2.24) is 14.8 Å². The van der Waals surface area contributed by atoms with Gasteiger partial charge in [-0.3, -0.25) is 4.79 Å². The molecule has 7 heteroatoms. The molecule has 0 atom stereocenters. The maximum absolute atomic E-state index is 13.7. The average Bonchev–Trinajstić information content (AvgIpc) is 3.00. The molecule has 1 aromatic carbocycles. The Labute approximate surface area is 174 Å². The van der Waals surface area contributed by atoms with Gasteiger partial charge >= 0.3 is 0 Å². The molecule has 4 aliphatic rings. The van der Waals surface area contributed by atoms with E-state index in [0.717, 1.165) is 35.2 Å². The zero-order chi connectivity index (χ0) is 20.0. The van der Waals surface area contributed by atoms with E-state index < -0.39 is 5.82 Å². The Morgan fingerprint density at radius 2 is 1.83 bits per heavy atom. The Morgan fingerprint density at radius 1 is 1.17 bits per heavy atom. The highest BCUT2D eigenvalue weighted by Gasteiger charge is 2.51. The molecule has 29 heavy (non-hydrogen) atoms. The van der Waals surface area contributed by atoms with Gasteiger partial charge in [0.15, 0.2) is 5.16 Å². The van der Waals surface area contributed by atoms with Crippen LogP contribution >= 0.6 is 11.8 Å². The van der Waals surface area contributed by atoms with Crippen LogP contribution in [0.3, 0.4) is 0 Å². The van der Waals surface area contributed by atoms with Crippen molar-refractivity contribution in [3.8, 4) is 0 Å². The van der Waals surface area contributed by atoms with Crippen LogP contribution in [0.2, 0.25) is 0 Å². The van der Waals surface area contributed by atoms with Crippen molar-refractivity contribution in [2.75, 3.05) is 11.1 Å². The molecule has 4 fully saturated rings. The van der Waals surface area contributed by atoms with Crippen molar-refractivity contribution in [2.24, 2.45) is 30.2 Å². The third-order valence-electron chi connectivity index (χ3n) is 7.10. The van der Waals surface area contributed by atoms with Crippen molar-refractivity contribution in [3.05, 3.63) is 35.9 Å². The fraction of sp³-hybridized carbons (Fsp3) is 0.591. The van der Waals surface area contributed by atoms with Crippen LogP contribution in [0.25, 0.3) is 0 Å². The predicted molar refractivity (Wildman–Crippen MR) is 111 cm³/mol. The summed E-state index contributed by atoms with van der Waals surface area (Å²) < 4.78 is 15.7. The summed E-state index contributed by atoms with van der Waals surface area (Å²) in [5.41, 5.74) is 0.623. The molecule has 5 nitrogen and oxygen atoms in total. The van der Waals surface area contributed by atoms with Gasteiger partial charge < -0.3 is 9.88 Å². The highest BCUT2D eigenvalue weighted by Crippen LogP contribution is 2.60. The molecule has 0 aliphatic heterocycles. The summed E-state index contributed by atoms with van der Waals surface area (Å²) in [7, 11) is 1.99. The monoisotopic (exact) mass is 414 g/mol. The molecule has 0 spiro atoms. The minimum Gasteiger partial charge on any atom is -0.323 e. The molecule has 1 N–H and O–H groups in total. The number of thioether (sulfide) groups is 1. The molecular weight excluding hydrogens is 387 g/mol. The van der Waals surface area contributed by atoms with Crippen LogP contribution in [0.4, 0.5) is 10.1 Å². The molecule has 4 bridgehead atoms. The minimum absolute atomic E-state index is 0.178. The van der Waals surface area contributed by atoms with Gasteiger partial charge in [-0.1, -0.05) is 23.9 Å². The van der Waals surface area contributed by atoms with Crippen molar-refractivity contribution in [3.63, 3.8) is 0 Å². The van der Waals surface area contributed by atoms with E-state index in [1.165, 1.54) is 56.4 Å². The third-order valence-corrected chi connectivity index (χ3v) is 8.12. The van der Waals surface area contributed by atoms with Gasteiger partial charge in [0.05, 0.1) is 11.4 Å². The number of carbonyl (C=O) groups excluding carboxylic acids is 1. The van der Waals surface area contributed by atoms with Gasteiger partial charge in [0, 0.05) is 13.5 Å². The number of halogens is 1. The van der Waals surface area contributed by atoms with E-state index in [9.17, 15) is 9.18 Å². The molecule has 154 valence electrons. The second kappa shape index (κ2) is 7.42. The lowest BCUT2D eigenvalue weighted by molar-refractivity contribution is -0.113. The Hall–Kier alpha value is -1.89. The number of nitrogens with one attached hydrogen (secondary N) is 1.